The van der Waals surface area contributed by atoms with Gasteiger partial charge in [0, 0.05) is 30.9 Å². The van der Waals surface area contributed by atoms with Gasteiger partial charge in [-0.1, -0.05) is 0 Å². The van der Waals surface area contributed by atoms with E-state index in [1.165, 1.54) is 18.5 Å². The third-order valence-electron chi connectivity index (χ3n) is 6.18. The first-order chi connectivity index (χ1) is 11.6. The lowest BCUT2D eigenvalue weighted by Crippen LogP contribution is -2.41. The van der Waals surface area contributed by atoms with Gasteiger partial charge in [-0.3, -0.25) is 4.79 Å². The van der Waals surface area contributed by atoms with Crippen molar-refractivity contribution in [1.29, 1.82) is 0 Å². The van der Waals surface area contributed by atoms with Gasteiger partial charge in [0.2, 0.25) is 0 Å². The Kier molecular flexibility index (Phi) is 4.22. The Morgan fingerprint density at radius 1 is 1.08 bits per heavy atom. The summed E-state index contributed by atoms with van der Waals surface area (Å²) < 4.78 is 0. The van der Waals surface area contributed by atoms with Crippen molar-refractivity contribution in [2.24, 2.45) is 17.8 Å². The van der Waals surface area contributed by atoms with Gasteiger partial charge < -0.3 is 20.4 Å². The Morgan fingerprint density at radius 2 is 1.79 bits per heavy atom. The number of hydrogen-bond donors (Lipinski definition) is 3. The molecule has 4 rings (SSSR count). The fourth-order valence-electron chi connectivity index (χ4n) is 4.79. The van der Waals surface area contributed by atoms with E-state index in [-0.39, 0.29) is 23.7 Å². The zero-order chi connectivity index (χ0) is 16.7. The van der Waals surface area contributed by atoms with E-state index in [0.717, 1.165) is 25.9 Å². The third kappa shape index (κ3) is 2.80. The van der Waals surface area contributed by atoms with E-state index in [4.69, 9.17) is 0 Å². The first kappa shape index (κ1) is 15.9. The van der Waals surface area contributed by atoms with E-state index in [2.05, 4.69) is 10.2 Å². The summed E-state index contributed by atoms with van der Waals surface area (Å²) in [6, 6.07) is 7.83. The molecule has 1 amide bonds. The van der Waals surface area contributed by atoms with Crippen LogP contribution >= 0.6 is 0 Å². The SMILES string of the molecule is O=C(NC[C@H]1C[C@@H]2C[C@H]1[C@@H](O)[C@H]2O)c1ccc(N2CCCC2)cc1. The summed E-state index contributed by atoms with van der Waals surface area (Å²) in [4.78, 5) is 14.7. The number of amides is 1. The number of carbonyl (C=O) groups is 1. The molecular weight excluding hydrogens is 304 g/mol. The number of hydrogen-bond acceptors (Lipinski definition) is 4. The summed E-state index contributed by atoms with van der Waals surface area (Å²) in [6.07, 6.45) is 3.08. The van der Waals surface area contributed by atoms with Crippen LogP contribution in [0.25, 0.3) is 0 Å². The van der Waals surface area contributed by atoms with Crippen molar-refractivity contribution < 1.29 is 15.0 Å². The summed E-state index contributed by atoms with van der Waals surface area (Å²) >= 11 is 0. The molecule has 3 aliphatic rings. The standard InChI is InChI=1S/C19H26N2O3/c22-17-13-9-14(16(10-13)18(17)23)11-20-19(24)12-3-5-15(6-4-12)21-7-1-2-8-21/h3-6,13-14,16-18,22-23H,1-2,7-11H2,(H,20,24)/t13-,14-,16-,17+,18-/m1/s1. The van der Waals surface area contributed by atoms with E-state index in [0.29, 0.717) is 12.1 Å². The Labute approximate surface area is 142 Å². The van der Waals surface area contributed by atoms with Crippen LogP contribution in [0, 0.1) is 17.8 Å². The topological polar surface area (TPSA) is 72.8 Å². The van der Waals surface area contributed by atoms with E-state index in [1.807, 2.05) is 24.3 Å². The molecule has 24 heavy (non-hydrogen) atoms. The van der Waals surface area contributed by atoms with E-state index in [1.54, 1.807) is 0 Å². The quantitative estimate of drug-likeness (QED) is 0.780. The number of carbonyl (C=O) groups excluding carboxylic acids is 1. The number of fused-ring (bicyclic) bond motifs is 2. The number of rotatable bonds is 4. The molecule has 1 saturated heterocycles. The molecule has 0 unspecified atom stereocenters. The number of aliphatic hydroxyl groups is 2. The van der Waals surface area contributed by atoms with Crippen LogP contribution < -0.4 is 10.2 Å². The minimum atomic E-state index is -0.620. The molecule has 5 atom stereocenters. The van der Waals surface area contributed by atoms with Gasteiger partial charge in [0.05, 0.1) is 12.2 Å². The highest BCUT2D eigenvalue weighted by Gasteiger charge is 2.51. The van der Waals surface area contributed by atoms with Crippen LogP contribution in [0.3, 0.4) is 0 Å². The fourth-order valence-corrected chi connectivity index (χ4v) is 4.79. The normalized spacial score (nSPS) is 34.8. The highest BCUT2D eigenvalue weighted by molar-refractivity contribution is 5.94. The second-order valence-electron chi connectivity index (χ2n) is 7.59. The first-order valence-electron chi connectivity index (χ1n) is 9.13. The largest absolute Gasteiger partial charge is 0.390 e. The molecule has 2 aliphatic carbocycles. The zero-order valence-electron chi connectivity index (χ0n) is 13.9. The van der Waals surface area contributed by atoms with Crippen LogP contribution in [0.2, 0.25) is 0 Å². The van der Waals surface area contributed by atoms with Gasteiger partial charge in [0.1, 0.15) is 0 Å². The maximum atomic E-state index is 12.3. The van der Waals surface area contributed by atoms with Gasteiger partial charge in [-0.15, -0.1) is 0 Å². The van der Waals surface area contributed by atoms with E-state index >= 15 is 0 Å². The average molecular weight is 330 g/mol. The summed E-state index contributed by atoms with van der Waals surface area (Å²) in [6.45, 7) is 2.78. The number of benzene rings is 1. The first-order valence-corrected chi connectivity index (χ1v) is 9.13. The lowest BCUT2D eigenvalue weighted by atomic mass is 9.85. The smallest absolute Gasteiger partial charge is 0.251 e. The molecule has 2 saturated carbocycles. The molecule has 0 aromatic heterocycles. The number of nitrogens with zero attached hydrogens (tertiary/aromatic N) is 1. The Balaban J connectivity index is 1.32. The Hall–Kier alpha value is -1.59. The van der Waals surface area contributed by atoms with Gasteiger partial charge in [0.15, 0.2) is 0 Å². The van der Waals surface area contributed by atoms with Gasteiger partial charge in [0.25, 0.3) is 5.91 Å². The lowest BCUT2D eigenvalue weighted by molar-refractivity contribution is -0.0332. The van der Waals surface area contributed by atoms with Crippen molar-refractivity contribution in [3.8, 4) is 0 Å². The van der Waals surface area contributed by atoms with E-state index < -0.39 is 12.2 Å². The molecule has 1 aromatic rings. The van der Waals surface area contributed by atoms with Gasteiger partial charge in [-0.05, 0) is 67.7 Å². The molecule has 1 aromatic carbocycles. The van der Waals surface area contributed by atoms with Crippen molar-refractivity contribution in [2.45, 2.75) is 37.9 Å². The molecule has 5 nitrogen and oxygen atoms in total. The van der Waals surface area contributed by atoms with Gasteiger partial charge in [-0.25, -0.2) is 0 Å². The maximum Gasteiger partial charge on any atom is 0.251 e. The second kappa shape index (κ2) is 6.37. The number of anilines is 1. The Morgan fingerprint density at radius 3 is 2.42 bits per heavy atom. The van der Waals surface area contributed by atoms with Crippen molar-refractivity contribution >= 4 is 11.6 Å². The van der Waals surface area contributed by atoms with Crippen molar-refractivity contribution in [3.63, 3.8) is 0 Å². The van der Waals surface area contributed by atoms with Crippen LogP contribution in [-0.2, 0) is 0 Å². The van der Waals surface area contributed by atoms with Gasteiger partial charge >= 0.3 is 0 Å². The maximum absolute atomic E-state index is 12.3. The highest BCUT2D eigenvalue weighted by atomic mass is 16.3. The summed E-state index contributed by atoms with van der Waals surface area (Å²) in [5, 5.41) is 22.8. The van der Waals surface area contributed by atoms with Crippen molar-refractivity contribution in [3.05, 3.63) is 29.8 Å². The molecular formula is C19H26N2O3. The molecule has 3 fully saturated rings. The summed E-state index contributed by atoms with van der Waals surface area (Å²) in [5.41, 5.74) is 1.87. The molecule has 5 heteroatoms. The third-order valence-corrected chi connectivity index (χ3v) is 6.18. The van der Waals surface area contributed by atoms with Gasteiger partial charge in [-0.2, -0.15) is 0 Å². The summed E-state index contributed by atoms with van der Waals surface area (Å²) in [5.74, 6) is 0.552. The molecule has 1 heterocycles. The second-order valence-corrected chi connectivity index (χ2v) is 7.59. The van der Waals surface area contributed by atoms with Crippen LogP contribution in [0.4, 0.5) is 5.69 Å². The molecule has 2 bridgehead atoms. The molecule has 0 radical (unpaired) electrons. The highest BCUT2D eigenvalue weighted by Crippen LogP contribution is 2.48. The molecule has 1 aliphatic heterocycles. The van der Waals surface area contributed by atoms with Crippen LogP contribution in [0.15, 0.2) is 24.3 Å². The predicted octanol–water partition coefficient (Wildman–Crippen LogP) is 1.39. The Bertz CT molecular complexity index is 595. The lowest BCUT2D eigenvalue weighted by Gasteiger charge is -2.29. The zero-order valence-corrected chi connectivity index (χ0v) is 13.9. The molecule has 130 valence electrons. The number of nitrogens with one attached hydrogen (secondary N) is 1. The number of aliphatic hydroxyl groups excluding tert-OH is 2. The fraction of sp³-hybridized carbons (Fsp3) is 0.632. The predicted molar refractivity (Wildman–Crippen MR) is 91.9 cm³/mol. The van der Waals surface area contributed by atoms with Crippen LogP contribution in [-0.4, -0.2) is 48.0 Å². The van der Waals surface area contributed by atoms with E-state index in [9.17, 15) is 15.0 Å². The van der Waals surface area contributed by atoms with Crippen LogP contribution in [0.1, 0.15) is 36.0 Å². The molecule has 3 N–H and O–H groups in total. The average Bonchev–Trinajstić information content (AvgIpc) is 3.32. The summed E-state index contributed by atoms with van der Waals surface area (Å²) in [7, 11) is 0. The minimum absolute atomic E-state index is 0.0548. The van der Waals surface area contributed by atoms with Crippen LogP contribution in [0.5, 0.6) is 0 Å². The molecule has 0 spiro atoms. The minimum Gasteiger partial charge on any atom is -0.390 e. The monoisotopic (exact) mass is 330 g/mol. The van der Waals surface area contributed by atoms with Crippen molar-refractivity contribution in [2.75, 3.05) is 24.5 Å². The van der Waals surface area contributed by atoms with Crippen molar-refractivity contribution in [1.82, 2.24) is 5.32 Å².